The predicted octanol–water partition coefficient (Wildman–Crippen LogP) is 5.44. The number of carbonyl (C=O) groups is 1. The standard InChI is InChI=1S/C28H21N7O/c1-2-27(36)33-26-12-21-25(14-29-26)30-17-31-28(21)32-23-13-24-22(19-10-6-7-11-20(19)23)16-35(34-24)15-18-8-4-3-5-9-18/h2-14,16-17H,1,15H2,(H,29,33,36)(H,30,31,32). The van der Waals surface area contributed by atoms with Crippen molar-refractivity contribution in [2.24, 2.45) is 0 Å². The molecule has 0 aliphatic rings. The van der Waals surface area contributed by atoms with E-state index in [1.165, 1.54) is 18.0 Å². The quantitative estimate of drug-likeness (QED) is 0.314. The van der Waals surface area contributed by atoms with Crippen molar-refractivity contribution in [3.63, 3.8) is 0 Å². The first-order chi connectivity index (χ1) is 17.7. The van der Waals surface area contributed by atoms with Crippen LogP contribution in [0.2, 0.25) is 0 Å². The average Bonchev–Trinajstić information content (AvgIpc) is 3.32. The summed E-state index contributed by atoms with van der Waals surface area (Å²) in [4.78, 5) is 24.8. The van der Waals surface area contributed by atoms with Crippen LogP contribution in [0.1, 0.15) is 5.56 Å². The second-order valence-corrected chi connectivity index (χ2v) is 8.34. The molecule has 0 fully saturated rings. The largest absolute Gasteiger partial charge is 0.339 e. The normalized spacial score (nSPS) is 11.1. The van der Waals surface area contributed by atoms with Gasteiger partial charge in [0.15, 0.2) is 0 Å². The Balaban J connectivity index is 1.44. The lowest BCUT2D eigenvalue weighted by molar-refractivity contribution is -0.111. The summed E-state index contributed by atoms with van der Waals surface area (Å²) in [5.41, 5.74) is 3.60. The highest BCUT2D eigenvalue weighted by Crippen LogP contribution is 2.34. The van der Waals surface area contributed by atoms with Crippen molar-refractivity contribution < 1.29 is 4.79 Å². The molecule has 3 aromatic heterocycles. The van der Waals surface area contributed by atoms with Crippen LogP contribution in [0.3, 0.4) is 0 Å². The number of rotatable bonds is 6. The summed E-state index contributed by atoms with van der Waals surface area (Å²) in [5.74, 6) is 0.658. The highest BCUT2D eigenvalue weighted by atomic mass is 16.1. The molecule has 174 valence electrons. The van der Waals surface area contributed by atoms with Crippen molar-refractivity contribution in [1.29, 1.82) is 0 Å². The molecule has 0 bridgehead atoms. The smallest absolute Gasteiger partial charge is 0.248 e. The monoisotopic (exact) mass is 471 g/mol. The van der Waals surface area contributed by atoms with Gasteiger partial charge in [0.2, 0.25) is 5.91 Å². The summed E-state index contributed by atoms with van der Waals surface area (Å²) >= 11 is 0. The molecular formula is C28H21N7O. The van der Waals surface area contributed by atoms with E-state index in [2.05, 4.69) is 62.6 Å². The molecule has 6 aromatic rings. The van der Waals surface area contributed by atoms with Crippen LogP contribution in [0.25, 0.3) is 32.6 Å². The van der Waals surface area contributed by atoms with E-state index in [0.717, 1.165) is 32.7 Å². The zero-order chi connectivity index (χ0) is 24.5. The number of hydrogen-bond acceptors (Lipinski definition) is 6. The van der Waals surface area contributed by atoms with Crippen molar-refractivity contribution in [3.05, 3.63) is 104 Å². The highest BCUT2D eigenvalue weighted by Gasteiger charge is 2.13. The molecule has 0 saturated carbocycles. The van der Waals surface area contributed by atoms with E-state index in [-0.39, 0.29) is 5.91 Å². The summed E-state index contributed by atoms with van der Waals surface area (Å²) < 4.78 is 1.97. The van der Waals surface area contributed by atoms with Crippen molar-refractivity contribution in [3.8, 4) is 0 Å². The molecule has 1 amide bonds. The third-order valence-corrected chi connectivity index (χ3v) is 5.98. The van der Waals surface area contributed by atoms with Crippen LogP contribution in [0.15, 0.2) is 98.1 Å². The minimum Gasteiger partial charge on any atom is -0.339 e. The van der Waals surface area contributed by atoms with Gasteiger partial charge < -0.3 is 10.6 Å². The Morgan fingerprint density at radius 2 is 1.69 bits per heavy atom. The SMILES string of the molecule is C=CC(=O)Nc1cc2c(Nc3cc4nn(Cc5ccccc5)cc4c4ccccc34)ncnc2cn1. The number of nitrogens with one attached hydrogen (secondary N) is 2. The van der Waals surface area contributed by atoms with Gasteiger partial charge in [0.25, 0.3) is 0 Å². The van der Waals surface area contributed by atoms with Crippen LogP contribution < -0.4 is 10.6 Å². The van der Waals surface area contributed by atoms with Crippen LogP contribution in [-0.4, -0.2) is 30.6 Å². The third kappa shape index (κ3) is 4.01. The van der Waals surface area contributed by atoms with E-state index >= 15 is 0 Å². The first kappa shape index (κ1) is 21.4. The Bertz CT molecular complexity index is 1760. The van der Waals surface area contributed by atoms with E-state index < -0.39 is 0 Å². The number of nitrogens with zero attached hydrogens (tertiary/aromatic N) is 5. The van der Waals surface area contributed by atoms with E-state index in [1.807, 2.05) is 41.1 Å². The van der Waals surface area contributed by atoms with Gasteiger partial charge in [-0.2, -0.15) is 5.10 Å². The van der Waals surface area contributed by atoms with Crippen LogP contribution in [0.5, 0.6) is 0 Å². The number of fused-ring (bicyclic) bond motifs is 4. The number of pyridine rings is 1. The van der Waals surface area contributed by atoms with Gasteiger partial charge in [-0.15, -0.1) is 0 Å². The van der Waals surface area contributed by atoms with Gasteiger partial charge >= 0.3 is 0 Å². The minimum absolute atomic E-state index is 0.337. The number of benzene rings is 3. The van der Waals surface area contributed by atoms with Crippen molar-refractivity contribution >= 4 is 55.8 Å². The minimum atomic E-state index is -0.337. The van der Waals surface area contributed by atoms with Gasteiger partial charge in [0, 0.05) is 28.0 Å². The molecule has 0 spiro atoms. The molecular weight excluding hydrogens is 450 g/mol. The Hall–Kier alpha value is -5.11. The van der Waals surface area contributed by atoms with E-state index in [0.29, 0.717) is 23.7 Å². The van der Waals surface area contributed by atoms with Crippen molar-refractivity contribution in [2.45, 2.75) is 6.54 Å². The van der Waals surface area contributed by atoms with Gasteiger partial charge in [0.05, 0.1) is 23.8 Å². The fourth-order valence-corrected chi connectivity index (χ4v) is 4.30. The lowest BCUT2D eigenvalue weighted by Crippen LogP contribution is -2.09. The fourth-order valence-electron chi connectivity index (χ4n) is 4.30. The van der Waals surface area contributed by atoms with E-state index in [4.69, 9.17) is 5.10 Å². The molecule has 36 heavy (non-hydrogen) atoms. The zero-order valence-electron chi connectivity index (χ0n) is 19.2. The van der Waals surface area contributed by atoms with Crippen LogP contribution in [-0.2, 0) is 11.3 Å². The number of aromatic nitrogens is 5. The van der Waals surface area contributed by atoms with Crippen LogP contribution in [0, 0.1) is 0 Å². The maximum Gasteiger partial charge on any atom is 0.248 e. The predicted molar refractivity (Wildman–Crippen MR) is 142 cm³/mol. The van der Waals surface area contributed by atoms with Crippen molar-refractivity contribution in [1.82, 2.24) is 24.7 Å². The summed E-state index contributed by atoms with van der Waals surface area (Å²) in [7, 11) is 0. The topological polar surface area (TPSA) is 97.6 Å². The van der Waals surface area contributed by atoms with Crippen LogP contribution in [0.4, 0.5) is 17.3 Å². The molecule has 3 heterocycles. The molecule has 0 radical (unpaired) electrons. The van der Waals surface area contributed by atoms with E-state index in [1.54, 1.807) is 12.3 Å². The summed E-state index contributed by atoms with van der Waals surface area (Å²) in [6.07, 6.45) is 6.39. The van der Waals surface area contributed by atoms with Gasteiger partial charge in [-0.25, -0.2) is 15.0 Å². The lowest BCUT2D eigenvalue weighted by Gasteiger charge is -2.12. The molecule has 8 nitrogen and oxygen atoms in total. The highest BCUT2D eigenvalue weighted by molar-refractivity contribution is 6.13. The fraction of sp³-hybridized carbons (Fsp3) is 0.0357. The zero-order valence-corrected chi connectivity index (χ0v) is 19.2. The number of hydrogen-bond donors (Lipinski definition) is 2. The van der Waals surface area contributed by atoms with Gasteiger partial charge in [-0.1, -0.05) is 61.2 Å². The Morgan fingerprint density at radius 3 is 2.53 bits per heavy atom. The molecule has 2 N–H and O–H groups in total. The molecule has 3 aromatic carbocycles. The Kier molecular flexibility index (Phi) is 5.31. The maximum absolute atomic E-state index is 11.8. The van der Waals surface area contributed by atoms with Gasteiger partial charge in [-0.3, -0.25) is 9.48 Å². The third-order valence-electron chi connectivity index (χ3n) is 5.98. The Labute approximate surface area is 206 Å². The maximum atomic E-state index is 11.8. The molecule has 0 aliphatic carbocycles. The summed E-state index contributed by atoms with van der Waals surface area (Å²) in [6.45, 7) is 4.18. The molecule has 6 rings (SSSR count). The van der Waals surface area contributed by atoms with Crippen molar-refractivity contribution in [2.75, 3.05) is 10.6 Å². The first-order valence-corrected chi connectivity index (χ1v) is 11.4. The summed E-state index contributed by atoms with van der Waals surface area (Å²) in [5, 5.41) is 15.0. The number of carbonyl (C=O) groups excluding carboxylic acids is 1. The van der Waals surface area contributed by atoms with Gasteiger partial charge in [-0.05, 0) is 29.2 Å². The van der Waals surface area contributed by atoms with Gasteiger partial charge in [0.1, 0.15) is 18.0 Å². The van der Waals surface area contributed by atoms with E-state index in [9.17, 15) is 4.79 Å². The molecule has 0 aliphatic heterocycles. The molecule has 0 saturated heterocycles. The average molecular weight is 472 g/mol. The molecule has 0 unspecified atom stereocenters. The second-order valence-electron chi connectivity index (χ2n) is 8.34. The summed E-state index contributed by atoms with van der Waals surface area (Å²) in [6, 6.07) is 22.3. The Morgan fingerprint density at radius 1 is 0.889 bits per heavy atom. The molecule has 8 heteroatoms. The molecule has 0 atom stereocenters. The number of anilines is 3. The lowest BCUT2D eigenvalue weighted by atomic mass is 10.0. The number of amides is 1. The second kappa shape index (κ2) is 8.92. The first-order valence-electron chi connectivity index (χ1n) is 11.4. The van der Waals surface area contributed by atoms with Crippen LogP contribution >= 0.6 is 0 Å².